The summed E-state index contributed by atoms with van der Waals surface area (Å²) in [4.78, 5) is 51.9. The number of rotatable bonds is 9. The summed E-state index contributed by atoms with van der Waals surface area (Å²) >= 11 is 0. The third kappa shape index (κ3) is 6.13. The van der Waals surface area contributed by atoms with Crippen LogP contribution in [-0.2, 0) is 19.2 Å². The lowest BCUT2D eigenvalue weighted by atomic mass is 9.86. The van der Waals surface area contributed by atoms with Gasteiger partial charge in [-0.2, -0.15) is 0 Å². The quantitative estimate of drug-likeness (QED) is 0.380. The molecular weight excluding hydrogens is 372 g/mol. The second-order valence-corrected chi connectivity index (χ2v) is 9.14. The fourth-order valence-electron chi connectivity index (χ4n) is 3.45. The predicted octanol–water partition coefficient (Wildman–Crippen LogP) is 0.507. The van der Waals surface area contributed by atoms with Crippen molar-refractivity contribution in [2.45, 2.75) is 71.0 Å². The number of nitrogens with zero attached hydrogens (tertiary/aromatic N) is 1. The van der Waals surface area contributed by atoms with Crippen molar-refractivity contribution in [3.05, 3.63) is 12.7 Å². The molecule has 29 heavy (non-hydrogen) atoms. The van der Waals surface area contributed by atoms with Crippen molar-refractivity contribution < 1.29 is 19.2 Å². The monoisotopic (exact) mass is 406 g/mol. The molecule has 1 aliphatic heterocycles. The van der Waals surface area contributed by atoms with Crippen LogP contribution in [0.1, 0.15) is 52.9 Å². The number of ketones is 1. The van der Waals surface area contributed by atoms with Crippen molar-refractivity contribution in [1.29, 1.82) is 0 Å². The van der Waals surface area contributed by atoms with E-state index in [1.54, 1.807) is 0 Å². The molecule has 0 bridgehead atoms. The molecule has 3 amide bonds. The topological polar surface area (TPSA) is 122 Å². The molecule has 1 unspecified atom stereocenters. The number of nitrogens with two attached hydrogens (primary N) is 1. The van der Waals surface area contributed by atoms with Gasteiger partial charge in [-0.15, -0.1) is 6.58 Å². The Kier molecular flexibility index (Phi) is 7.57. The molecule has 0 aromatic heterocycles. The maximum absolute atomic E-state index is 12.9. The van der Waals surface area contributed by atoms with Crippen LogP contribution in [0, 0.1) is 11.3 Å². The number of carbonyl (C=O) groups is 4. The largest absolute Gasteiger partial charge is 0.346 e. The summed E-state index contributed by atoms with van der Waals surface area (Å²) in [6.45, 7) is 9.80. The summed E-state index contributed by atoms with van der Waals surface area (Å²) < 4.78 is 0. The average molecular weight is 407 g/mol. The molecule has 0 spiro atoms. The highest BCUT2D eigenvalue weighted by Crippen LogP contribution is 2.34. The van der Waals surface area contributed by atoms with Crippen LogP contribution in [0.15, 0.2) is 12.7 Å². The molecule has 2 aliphatic rings. The van der Waals surface area contributed by atoms with Gasteiger partial charge in [-0.1, -0.05) is 39.7 Å². The molecule has 1 aliphatic carbocycles. The molecule has 4 N–H and O–H groups in total. The smallest absolute Gasteiger partial charge is 0.289 e. The molecule has 162 valence electrons. The maximum atomic E-state index is 12.9. The number of likely N-dealkylation sites (tertiary alicyclic amines) is 1. The normalized spacial score (nSPS) is 21.2. The van der Waals surface area contributed by atoms with Crippen LogP contribution in [0.2, 0.25) is 0 Å². The minimum absolute atomic E-state index is 0.185. The first-order chi connectivity index (χ1) is 13.6. The van der Waals surface area contributed by atoms with Crippen molar-refractivity contribution in [2.75, 3.05) is 13.1 Å². The molecule has 0 radical (unpaired) electrons. The molecule has 2 rings (SSSR count). The van der Waals surface area contributed by atoms with E-state index in [1.165, 1.54) is 11.0 Å². The first-order valence-corrected chi connectivity index (χ1v) is 10.4. The predicted molar refractivity (Wildman–Crippen MR) is 110 cm³/mol. The van der Waals surface area contributed by atoms with Crippen LogP contribution in [0.3, 0.4) is 0 Å². The van der Waals surface area contributed by atoms with Crippen LogP contribution >= 0.6 is 0 Å². The molecule has 8 heteroatoms. The zero-order chi connectivity index (χ0) is 21.8. The summed E-state index contributed by atoms with van der Waals surface area (Å²) in [6.07, 6.45) is 5.11. The number of hydrogen-bond acceptors (Lipinski definition) is 5. The van der Waals surface area contributed by atoms with E-state index in [-0.39, 0.29) is 12.5 Å². The first-order valence-electron chi connectivity index (χ1n) is 10.4. The van der Waals surface area contributed by atoms with E-state index in [0.29, 0.717) is 31.7 Å². The minimum atomic E-state index is -0.881. The Bertz CT molecular complexity index is 666. The summed E-state index contributed by atoms with van der Waals surface area (Å²) in [7, 11) is 0. The van der Waals surface area contributed by atoms with Gasteiger partial charge in [-0.25, -0.2) is 0 Å². The van der Waals surface area contributed by atoms with E-state index < -0.39 is 41.1 Å². The molecule has 1 saturated heterocycles. The molecular formula is C21H34N4O4. The fourth-order valence-corrected chi connectivity index (χ4v) is 3.45. The van der Waals surface area contributed by atoms with E-state index >= 15 is 0 Å². The van der Waals surface area contributed by atoms with Crippen LogP contribution < -0.4 is 16.4 Å². The van der Waals surface area contributed by atoms with Crippen molar-refractivity contribution in [3.8, 4) is 0 Å². The summed E-state index contributed by atoms with van der Waals surface area (Å²) in [5, 5.41) is 5.21. The number of nitrogens with one attached hydrogen (secondary N) is 2. The molecule has 8 nitrogen and oxygen atoms in total. The van der Waals surface area contributed by atoms with Gasteiger partial charge in [-0.05, 0) is 30.6 Å². The minimum Gasteiger partial charge on any atom is -0.346 e. The van der Waals surface area contributed by atoms with Gasteiger partial charge >= 0.3 is 0 Å². The summed E-state index contributed by atoms with van der Waals surface area (Å²) in [5.41, 5.74) is 5.69. The van der Waals surface area contributed by atoms with Crippen LogP contribution in [0.5, 0.6) is 0 Å². The third-order valence-electron chi connectivity index (χ3n) is 5.57. The number of Topliss-reactive ketones (excluding diaryl/α,β-unsaturated/α-hetero) is 1. The molecule has 0 aromatic rings. The third-order valence-corrected chi connectivity index (χ3v) is 5.57. The maximum Gasteiger partial charge on any atom is 0.289 e. The van der Waals surface area contributed by atoms with Gasteiger partial charge in [0.05, 0.1) is 12.1 Å². The van der Waals surface area contributed by atoms with Gasteiger partial charge in [0, 0.05) is 13.1 Å². The van der Waals surface area contributed by atoms with Gasteiger partial charge in [0.25, 0.3) is 5.91 Å². The SMILES string of the molecule is C=CCNC(=O)C(=O)C(CC1CC1)NC(=O)[C@@H]1CCCN1C(=O)[C@@H](N)C(C)(C)C. The second kappa shape index (κ2) is 9.52. The Balaban J connectivity index is 2.07. The Hall–Kier alpha value is -2.22. The second-order valence-electron chi connectivity index (χ2n) is 9.14. The van der Waals surface area contributed by atoms with Crippen molar-refractivity contribution >= 4 is 23.5 Å². The van der Waals surface area contributed by atoms with Crippen LogP contribution in [0.4, 0.5) is 0 Å². The highest BCUT2D eigenvalue weighted by Gasteiger charge is 2.41. The molecule has 1 saturated carbocycles. The first kappa shape index (κ1) is 23.1. The van der Waals surface area contributed by atoms with Crippen LogP contribution in [0.25, 0.3) is 0 Å². The Labute approximate surface area is 172 Å². The number of amides is 3. The number of carbonyl (C=O) groups excluding carboxylic acids is 4. The van der Waals surface area contributed by atoms with Gasteiger partial charge < -0.3 is 21.3 Å². The summed E-state index contributed by atoms with van der Waals surface area (Å²) in [6, 6.07) is -2.26. The molecule has 0 aromatic carbocycles. The Morgan fingerprint density at radius 2 is 1.86 bits per heavy atom. The fraction of sp³-hybridized carbons (Fsp3) is 0.714. The highest BCUT2D eigenvalue weighted by molar-refractivity contribution is 6.38. The van der Waals surface area contributed by atoms with Gasteiger partial charge in [0.2, 0.25) is 17.6 Å². The molecule has 2 fully saturated rings. The van der Waals surface area contributed by atoms with E-state index in [4.69, 9.17) is 5.73 Å². The lowest BCUT2D eigenvalue weighted by molar-refractivity contribution is -0.143. The summed E-state index contributed by atoms with van der Waals surface area (Å²) in [5.74, 6) is -1.71. The standard InChI is InChI=1S/C21H34N4O4/c1-5-10-23-19(28)16(26)14(12-13-8-9-13)24-18(27)15-7-6-11-25(15)20(29)17(22)21(2,3)4/h5,13-15,17H,1,6-12,22H2,2-4H3,(H,23,28)(H,24,27)/t14?,15-,17+/m0/s1. The Morgan fingerprint density at radius 3 is 2.41 bits per heavy atom. The van der Waals surface area contributed by atoms with Gasteiger partial charge in [0.1, 0.15) is 6.04 Å². The van der Waals surface area contributed by atoms with Gasteiger partial charge in [0.15, 0.2) is 0 Å². The van der Waals surface area contributed by atoms with Crippen molar-refractivity contribution in [2.24, 2.45) is 17.1 Å². The highest BCUT2D eigenvalue weighted by atomic mass is 16.2. The number of hydrogen-bond donors (Lipinski definition) is 3. The van der Waals surface area contributed by atoms with E-state index in [1.807, 2.05) is 20.8 Å². The molecule has 1 heterocycles. The van der Waals surface area contributed by atoms with Crippen LogP contribution in [-0.4, -0.2) is 59.6 Å². The lowest BCUT2D eigenvalue weighted by Gasteiger charge is -2.33. The lowest BCUT2D eigenvalue weighted by Crippen LogP contribution is -2.57. The van der Waals surface area contributed by atoms with Gasteiger partial charge in [-0.3, -0.25) is 19.2 Å². The molecule has 3 atom stereocenters. The zero-order valence-corrected chi connectivity index (χ0v) is 17.7. The zero-order valence-electron chi connectivity index (χ0n) is 17.7. The average Bonchev–Trinajstić information content (AvgIpc) is 3.34. The Morgan fingerprint density at radius 1 is 1.21 bits per heavy atom. The van der Waals surface area contributed by atoms with E-state index in [2.05, 4.69) is 17.2 Å². The van der Waals surface area contributed by atoms with Crippen molar-refractivity contribution in [1.82, 2.24) is 15.5 Å². The van der Waals surface area contributed by atoms with Crippen molar-refractivity contribution in [3.63, 3.8) is 0 Å². The van der Waals surface area contributed by atoms with E-state index in [9.17, 15) is 19.2 Å². The van der Waals surface area contributed by atoms with E-state index in [0.717, 1.165) is 12.8 Å².